The van der Waals surface area contributed by atoms with Gasteiger partial charge in [-0.3, -0.25) is 4.79 Å². The lowest BCUT2D eigenvalue weighted by molar-refractivity contribution is -0.117. The van der Waals surface area contributed by atoms with Gasteiger partial charge in [0, 0.05) is 5.69 Å². The number of aromatic amines is 1. The Morgan fingerprint density at radius 1 is 1.12 bits per heavy atom. The molecular weight excluding hydrogens is 314 g/mol. The quantitative estimate of drug-likeness (QED) is 0.750. The number of hydrogen-bond donors (Lipinski definition) is 2. The van der Waals surface area contributed by atoms with Gasteiger partial charge in [-0.15, -0.1) is 10.2 Å². The Morgan fingerprint density at radius 2 is 1.92 bits per heavy atom. The number of aryl methyl sites for hydroxylation is 3. The molecule has 1 aromatic heterocycles. The van der Waals surface area contributed by atoms with Gasteiger partial charge in [-0.05, 0) is 49.9 Å². The van der Waals surface area contributed by atoms with Crippen LogP contribution in [0.15, 0.2) is 42.5 Å². The number of nitrogens with one attached hydrogen (secondary N) is 2. The van der Waals surface area contributed by atoms with Crippen molar-refractivity contribution in [2.45, 2.75) is 33.1 Å². The number of aromatic nitrogens is 4. The van der Waals surface area contributed by atoms with Crippen LogP contribution in [0.25, 0.3) is 0 Å². The summed E-state index contributed by atoms with van der Waals surface area (Å²) < 4.78 is 0. The molecule has 2 N–H and O–H groups in total. The molecule has 1 heterocycles. The molecule has 0 spiro atoms. The van der Waals surface area contributed by atoms with Crippen LogP contribution in [0, 0.1) is 20.8 Å². The normalized spacial score (nSPS) is 12.0. The van der Waals surface area contributed by atoms with Crippen molar-refractivity contribution >= 4 is 11.6 Å². The minimum absolute atomic E-state index is 0.142. The fourth-order valence-electron chi connectivity index (χ4n) is 2.78. The number of amides is 1. The molecule has 6 nitrogen and oxygen atoms in total. The SMILES string of the molecule is Cc1cccc(CC(C(=O)Nc2cc(C)ccc2C)c2nn[nH]n2)c1. The molecular formula is C19H21N5O. The van der Waals surface area contributed by atoms with Crippen molar-refractivity contribution in [3.05, 3.63) is 70.5 Å². The van der Waals surface area contributed by atoms with Gasteiger partial charge in [0.05, 0.1) is 0 Å². The molecule has 1 unspecified atom stereocenters. The molecule has 0 fully saturated rings. The molecule has 0 aliphatic carbocycles. The second-order valence-corrected chi connectivity index (χ2v) is 6.32. The van der Waals surface area contributed by atoms with Crippen molar-refractivity contribution in [3.8, 4) is 0 Å². The number of carbonyl (C=O) groups excluding carboxylic acids is 1. The Balaban J connectivity index is 1.86. The summed E-state index contributed by atoms with van der Waals surface area (Å²) in [5.74, 6) is -0.263. The molecule has 2 aromatic carbocycles. The number of hydrogen-bond acceptors (Lipinski definition) is 4. The number of benzene rings is 2. The largest absolute Gasteiger partial charge is 0.325 e. The van der Waals surface area contributed by atoms with Gasteiger partial charge in [0.15, 0.2) is 5.82 Å². The minimum Gasteiger partial charge on any atom is -0.325 e. The first-order chi connectivity index (χ1) is 12.0. The molecule has 0 saturated heterocycles. The molecule has 6 heteroatoms. The first-order valence-corrected chi connectivity index (χ1v) is 8.20. The number of carbonyl (C=O) groups is 1. The van der Waals surface area contributed by atoms with Gasteiger partial charge in [-0.1, -0.05) is 47.2 Å². The third kappa shape index (κ3) is 4.09. The highest BCUT2D eigenvalue weighted by atomic mass is 16.1. The Kier molecular flexibility index (Phi) is 4.88. The molecule has 0 saturated carbocycles. The van der Waals surface area contributed by atoms with Crippen LogP contribution < -0.4 is 5.32 Å². The maximum absolute atomic E-state index is 12.9. The van der Waals surface area contributed by atoms with E-state index in [-0.39, 0.29) is 5.91 Å². The van der Waals surface area contributed by atoms with Gasteiger partial charge in [0.2, 0.25) is 5.91 Å². The second kappa shape index (κ2) is 7.25. The average molecular weight is 335 g/mol. The summed E-state index contributed by atoms with van der Waals surface area (Å²) in [4.78, 5) is 12.9. The molecule has 1 atom stereocenters. The highest BCUT2D eigenvalue weighted by Crippen LogP contribution is 2.22. The first kappa shape index (κ1) is 16.8. The van der Waals surface area contributed by atoms with E-state index in [0.717, 1.165) is 27.9 Å². The molecule has 128 valence electrons. The van der Waals surface area contributed by atoms with E-state index >= 15 is 0 Å². The van der Waals surface area contributed by atoms with Crippen LogP contribution in [0.4, 0.5) is 5.69 Å². The van der Waals surface area contributed by atoms with E-state index in [9.17, 15) is 4.79 Å². The van der Waals surface area contributed by atoms with Gasteiger partial charge >= 0.3 is 0 Å². The average Bonchev–Trinajstić information content (AvgIpc) is 3.10. The smallest absolute Gasteiger partial charge is 0.235 e. The third-order valence-electron chi connectivity index (χ3n) is 4.16. The number of anilines is 1. The van der Waals surface area contributed by atoms with Gasteiger partial charge in [-0.2, -0.15) is 5.21 Å². The molecule has 3 rings (SSSR count). The highest BCUT2D eigenvalue weighted by Gasteiger charge is 2.25. The zero-order valence-corrected chi connectivity index (χ0v) is 14.6. The van der Waals surface area contributed by atoms with E-state index < -0.39 is 5.92 Å². The van der Waals surface area contributed by atoms with Crippen LogP contribution >= 0.6 is 0 Å². The fraction of sp³-hybridized carbons (Fsp3) is 0.263. The van der Waals surface area contributed by atoms with Crippen molar-refractivity contribution in [2.24, 2.45) is 0 Å². The lowest BCUT2D eigenvalue weighted by Gasteiger charge is -2.16. The predicted octanol–water partition coefficient (Wildman–Crippen LogP) is 3.09. The molecule has 25 heavy (non-hydrogen) atoms. The van der Waals surface area contributed by atoms with Crippen molar-refractivity contribution in [3.63, 3.8) is 0 Å². The molecule has 0 bridgehead atoms. The molecule has 1 amide bonds. The lowest BCUT2D eigenvalue weighted by atomic mass is 9.96. The third-order valence-corrected chi connectivity index (χ3v) is 4.16. The van der Waals surface area contributed by atoms with Crippen LogP contribution in [0.5, 0.6) is 0 Å². The lowest BCUT2D eigenvalue weighted by Crippen LogP contribution is -2.24. The van der Waals surface area contributed by atoms with Crippen LogP contribution in [-0.4, -0.2) is 26.5 Å². The van der Waals surface area contributed by atoms with Crippen molar-refractivity contribution in [2.75, 3.05) is 5.32 Å². The zero-order chi connectivity index (χ0) is 17.8. The summed E-state index contributed by atoms with van der Waals surface area (Å²) in [6.07, 6.45) is 0.512. The number of rotatable bonds is 5. The summed E-state index contributed by atoms with van der Waals surface area (Å²) in [5, 5.41) is 17.1. The van der Waals surface area contributed by atoms with Crippen molar-refractivity contribution in [1.29, 1.82) is 0 Å². The van der Waals surface area contributed by atoms with Gasteiger partial charge in [0.1, 0.15) is 5.92 Å². The maximum atomic E-state index is 12.9. The molecule has 3 aromatic rings. The van der Waals surface area contributed by atoms with E-state index in [1.165, 1.54) is 0 Å². The number of tetrazole rings is 1. The van der Waals surface area contributed by atoms with Gasteiger partial charge < -0.3 is 5.32 Å². The summed E-state index contributed by atoms with van der Waals surface area (Å²) in [7, 11) is 0. The molecule has 0 radical (unpaired) electrons. The van der Waals surface area contributed by atoms with Crippen LogP contribution in [-0.2, 0) is 11.2 Å². The van der Waals surface area contributed by atoms with E-state index in [2.05, 4.69) is 32.0 Å². The summed E-state index contributed by atoms with van der Waals surface area (Å²) in [6, 6.07) is 14.1. The maximum Gasteiger partial charge on any atom is 0.235 e. The Hall–Kier alpha value is -3.02. The second-order valence-electron chi connectivity index (χ2n) is 6.32. The van der Waals surface area contributed by atoms with E-state index in [0.29, 0.717) is 12.2 Å². The van der Waals surface area contributed by atoms with Gasteiger partial charge in [0.25, 0.3) is 0 Å². The monoisotopic (exact) mass is 335 g/mol. The minimum atomic E-state index is -0.513. The van der Waals surface area contributed by atoms with E-state index in [1.54, 1.807) is 0 Å². The summed E-state index contributed by atoms with van der Waals surface area (Å²) in [6.45, 7) is 6.00. The number of nitrogens with zero attached hydrogens (tertiary/aromatic N) is 3. The summed E-state index contributed by atoms with van der Waals surface area (Å²) >= 11 is 0. The van der Waals surface area contributed by atoms with Crippen LogP contribution in [0.2, 0.25) is 0 Å². The number of H-pyrrole nitrogens is 1. The fourth-order valence-corrected chi connectivity index (χ4v) is 2.78. The van der Waals surface area contributed by atoms with Crippen molar-refractivity contribution < 1.29 is 4.79 Å². The standard InChI is InChI=1S/C19H21N5O/c1-12-5-4-6-15(9-12)11-16(18-21-23-24-22-18)19(25)20-17-10-13(2)7-8-14(17)3/h4-10,16H,11H2,1-3H3,(H,20,25)(H,21,22,23,24). The molecule has 0 aliphatic heterocycles. The first-order valence-electron chi connectivity index (χ1n) is 8.20. The zero-order valence-electron chi connectivity index (χ0n) is 14.6. The van der Waals surface area contributed by atoms with E-state index in [1.807, 2.05) is 57.2 Å². The van der Waals surface area contributed by atoms with E-state index in [4.69, 9.17) is 0 Å². The Labute approximate surface area is 146 Å². The Bertz CT molecular complexity index is 873. The van der Waals surface area contributed by atoms with Crippen LogP contribution in [0.1, 0.15) is 34.0 Å². The predicted molar refractivity (Wildman–Crippen MR) is 96.3 cm³/mol. The topological polar surface area (TPSA) is 83.6 Å². The Morgan fingerprint density at radius 3 is 2.64 bits per heavy atom. The van der Waals surface area contributed by atoms with Gasteiger partial charge in [-0.25, -0.2) is 0 Å². The summed E-state index contributed by atoms with van der Waals surface area (Å²) in [5.41, 5.74) is 5.13. The molecule has 0 aliphatic rings. The highest BCUT2D eigenvalue weighted by molar-refractivity contribution is 5.96. The van der Waals surface area contributed by atoms with Crippen molar-refractivity contribution in [1.82, 2.24) is 20.6 Å². The van der Waals surface area contributed by atoms with Crippen LogP contribution in [0.3, 0.4) is 0 Å².